The van der Waals surface area contributed by atoms with Crippen LogP contribution in [0.25, 0.3) is 0 Å². The highest BCUT2D eigenvalue weighted by Gasteiger charge is 2.07. The second-order valence-electron chi connectivity index (χ2n) is 5.20. The SMILES string of the molecule is CC(C)CCOCCNC(=O)NC(=O)CCCCC(=O)O. The fourth-order valence-corrected chi connectivity index (χ4v) is 1.45. The number of rotatable bonds is 11. The Labute approximate surface area is 125 Å². The van der Waals surface area contributed by atoms with Crippen molar-refractivity contribution in [3.05, 3.63) is 0 Å². The topological polar surface area (TPSA) is 105 Å². The van der Waals surface area contributed by atoms with Crippen molar-refractivity contribution in [2.24, 2.45) is 5.92 Å². The van der Waals surface area contributed by atoms with Gasteiger partial charge >= 0.3 is 12.0 Å². The first-order valence-corrected chi connectivity index (χ1v) is 7.29. The van der Waals surface area contributed by atoms with E-state index in [9.17, 15) is 14.4 Å². The summed E-state index contributed by atoms with van der Waals surface area (Å²) < 4.78 is 5.32. The van der Waals surface area contributed by atoms with E-state index in [1.165, 1.54) is 0 Å². The fraction of sp³-hybridized carbons (Fsp3) is 0.786. The number of carbonyl (C=O) groups is 3. The van der Waals surface area contributed by atoms with Crippen LogP contribution in [-0.2, 0) is 14.3 Å². The Morgan fingerprint density at radius 2 is 1.76 bits per heavy atom. The van der Waals surface area contributed by atoms with Crippen LogP contribution in [0.4, 0.5) is 4.79 Å². The van der Waals surface area contributed by atoms with Gasteiger partial charge in [0.1, 0.15) is 0 Å². The third-order valence-corrected chi connectivity index (χ3v) is 2.67. The third kappa shape index (κ3) is 14.6. The summed E-state index contributed by atoms with van der Waals surface area (Å²) in [6.07, 6.45) is 2.03. The molecule has 3 amide bonds. The maximum absolute atomic E-state index is 11.4. The van der Waals surface area contributed by atoms with E-state index in [0.29, 0.717) is 38.5 Å². The van der Waals surface area contributed by atoms with Crippen LogP contribution in [0, 0.1) is 5.92 Å². The molecule has 0 saturated carbocycles. The van der Waals surface area contributed by atoms with Crippen molar-refractivity contribution >= 4 is 17.9 Å². The lowest BCUT2D eigenvalue weighted by Crippen LogP contribution is -2.40. The van der Waals surface area contributed by atoms with Crippen LogP contribution in [0.3, 0.4) is 0 Å². The summed E-state index contributed by atoms with van der Waals surface area (Å²) in [4.78, 5) is 33.0. The Kier molecular flexibility index (Phi) is 11.2. The van der Waals surface area contributed by atoms with Crippen LogP contribution in [0.5, 0.6) is 0 Å². The Morgan fingerprint density at radius 3 is 2.38 bits per heavy atom. The summed E-state index contributed by atoms with van der Waals surface area (Å²) in [5.74, 6) is -0.704. The molecular formula is C14H26N2O5. The van der Waals surface area contributed by atoms with Gasteiger partial charge in [-0.25, -0.2) is 4.79 Å². The molecule has 0 aliphatic rings. The largest absolute Gasteiger partial charge is 0.481 e. The van der Waals surface area contributed by atoms with E-state index in [4.69, 9.17) is 9.84 Å². The number of hydrogen-bond acceptors (Lipinski definition) is 4. The van der Waals surface area contributed by atoms with Crippen molar-refractivity contribution in [1.29, 1.82) is 0 Å². The Morgan fingerprint density at radius 1 is 1.10 bits per heavy atom. The van der Waals surface area contributed by atoms with E-state index in [0.717, 1.165) is 6.42 Å². The Hall–Kier alpha value is -1.63. The van der Waals surface area contributed by atoms with Gasteiger partial charge in [0.05, 0.1) is 6.61 Å². The van der Waals surface area contributed by atoms with Gasteiger partial charge < -0.3 is 15.2 Å². The zero-order valence-corrected chi connectivity index (χ0v) is 12.8. The van der Waals surface area contributed by atoms with Gasteiger partial charge in [0.25, 0.3) is 0 Å². The molecule has 0 aromatic heterocycles. The fourth-order valence-electron chi connectivity index (χ4n) is 1.45. The number of aliphatic carboxylic acids is 1. The van der Waals surface area contributed by atoms with E-state index in [2.05, 4.69) is 24.5 Å². The highest BCUT2D eigenvalue weighted by atomic mass is 16.5. The first-order chi connectivity index (χ1) is 9.91. The molecule has 0 aromatic carbocycles. The minimum absolute atomic E-state index is 0.0349. The van der Waals surface area contributed by atoms with E-state index in [-0.39, 0.29) is 12.8 Å². The molecule has 0 heterocycles. The molecule has 3 N–H and O–H groups in total. The number of imide groups is 1. The molecule has 0 spiro atoms. The van der Waals surface area contributed by atoms with Crippen molar-refractivity contribution in [2.45, 2.75) is 46.0 Å². The molecule has 7 nitrogen and oxygen atoms in total. The van der Waals surface area contributed by atoms with Crippen LogP contribution >= 0.6 is 0 Å². The minimum atomic E-state index is -0.884. The average molecular weight is 302 g/mol. The predicted molar refractivity (Wildman–Crippen MR) is 77.9 cm³/mol. The van der Waals surface area contributed by atoms with E-state index in [1.807, 2.05) is 0 Å². The van der Waals surface area contributed by atoms with Gasteiger partial charge in [-0.05, 0) is 25.2 Å². The summed E-state index contributed by atoms with van der Waals surface area (Å²) in [7, 11) is 0. The maximum atomic E-state index is 11.4. The number of urea groups is 1. The van der Waals surface area contributed by atoms with Crippen LogP contribution in [-0.4, -0.2) is 42.8 Å². The van der Waals surface area contributed by atoms with E-state index < -0.39 is 17.9 Å². The van der Waals surface area contributed by atoms with Gasteiger partial charge in [0, 0.05) is 26.0 Å². The highest BCUT2D eigenvalue weighted by Crippen LogP contribution is 1.99. The molecule has 0 saturated heterocycles. The summed E-state index contributed by atoms with van der Waals surface area (Å²) >= 11 is 0. The van der Waals surface area contributed by atoms with Gasteiger partial charge in [0.15, 0.2) is 0 Å². The number of unbranched alkanes of at least 4 members (excludes halogenated alkanes) is 1. The lowest BCUT2D eigenvalue weighted by Gasteiger charge is -2.08. The molecule has 0 fully saturated rings. The molecule has 0 aliphatic heterocycles. The molecule has 0 rings (SSSR count). The van der Waals surface area contributed by atoms with E-state index >= 15 is 0 Å². The number of carboxylic acids is 1. The Balaban J connectivity index is 3.47. The maximum Gasteiger partial charge on any atom is 0.321 e. The van der Waals surface area contributed by atoms with Gasteiger partial charge in [-0.3, -0.25) is 14.9 Å². The second-order valence-corrected chi connectivity index (χ2v) is 5.20. The molecule has 0 aromatic rings. The van der Waals surface area contributed by atoms with Crippen molar-refractivity contribution in [2.75, 3.05) is 19.8 Å². The molecular weight excluding hydrogens is 276 g/mol. The standard InChI is InChI=1S/C14H26N2O5/c1-11(2)7-9-21-10-8-15-14(20)16-12(17)5-3-4-6-13(18)19/h11H,3-10H2,1-2H3,(H,18,19)(H2,15,16,17,20). The smallest absolute Gasteiger partial charge is 0.321 e. The average Bonchev–Trinajstić information content (AvgIpc) is 2.38. The normalized spacial score (nSPS) is 10.4. The lowest BCUT2D eigenvalue weighted by atomic mass is 10.1. The summed E-state index contributed by atoms with van der Waals surface area (Å²) in [6, 6.07) is -0.550. The van der Waals surface area contributed by atoms with Gasteiger partial charge in [-0.2, -0.15) is 0 Å². The van der Waals surface area contributed by atoms with Crippen molar-refractivity contribution < 1.29 is 24.2 Å². The summed E-state index contributed by atoms with van der Waals surface area (Å²) in [6.45, 7) is 5.63. The number of amides is 3. The molecule has 0 radical (unpaired) electrons. The summed E-state index contributed by atoms with van der Waals surface area (Å²) in [5.41, 5.74) is 0. The third-order valence-electron chi connectivity index (χ3n) is 2.67. The zero-order chi connectivity index (χ0) is 16.1. The molecule has 122 valence electrons. The van der Waals surface area contributed by atoms with Crippen LogP contribution in [0.15, 0.2) is 0 Å². The van der Waals surface area contributed by atoms with Crippen LogP contribution < -0.4 is 10.6 Å². The number of ether oxygens (including phenoxy) is 1. The lowest BCUT2D eigenvalue weighted by molar-refractivity contribution is -0.137. The zero-order valence-electron chi connectivity index (χ0n) is 12.8. The highest BCUT2D eigenvalue weighted by molar-refractivity contribution is 5.94. The number of nitrogens with one attached hydrogen (secondary N) is 2. The van der Waals surface area contributed by atoms with Crippen molar-refractivity contribution in [3.63, 3.8) is 0 Å². The van der Waals surface area contributed by atoms with Crippen LogP contribution in [0.2, 0.25) is 0 Å². The summed E-state index contributed by atoms with van der Waals surface area (Å²) in [5, 5.41) is 13.1. The molecule has 0 atom stereocenters. The van der Waals surface area contributed by atoms with Crippen molar-refractivity contribution in [3.8, 4) is 0 Å². The molecule has 0 unspecified atom stereocenters. The molecule has 7 heteroatoms. The molecule has 0 aliphatic carbocycles. The molecule has 0 bridgehead atoms. The van der Waals surface area contributed by atoms with Gasteiger partial charge in [-0.15, -0.1) is 0 Å². The number of carbonyl (C=O) groups excluding carboxylic acids is 2. The first kappa shape index (κ1) is 19.4. The van der Waals surface area contributed by atoms with Crippen molar-refractivity contribution in [1.82, 2.24) is 10.6 Å². The van der Waals surface area contributed by atoms with Gasteiger partial charge in [0.2, 0.25) is 5.91 Å². The second kappa shape index (κ2) is 12.1. The number of hydrogen-bond donors (Lipinski definition) is 3. The minimum Gasteiger partial charge on any atom is -0.481 e. The Bertz CT molecular complexity index is 331. The predicted octanol–water partition coefficient (Wildman–Crippen LogP) is 1.52. The van der Waals surface area contributed by atoms with Gasteiger partial charge in [-0.1, -0.05) is 13.8 Å². The quantitative estimate of drug-likeness (QED) is 0.502. The van der Waals surface area contributed by atoms with E-state index in [1.54, 1.807) is 0 Å². The monoisotopic (exact) mass is 302 g/mol. The number of carboxylic acid groups (broad SMARTS) is 1. The van der Waals surface area contributed by atoms with Crippen LogP contribution in [0.1, 0.15) is 46.0 Å². The first-order valence-electron chi connectivity index (χ1n) is 7.29. The molecule has 21 heavy (non-hydrogen) atoms.